The van der Waals surface area contributed by atoms with Crippen LogP contribution in [0.25, 0.3) is 11.5 Å². The van der Waals surface area contributed by atoms with Crippen molar-refractivity contribution in [2.24, 2.45) is 0 Å². The summed E-state index contributed by atoms with van der Waals surface area (Å²) in [6.07, 6.45) is 3.78. The number of hydrogen-bond donors (Lipinski definition) is 1. The molecule has 5 heterocycles. The minimum absolute atomic E-state index is 0. The number of ether oxygens (including phenoxy) is 1. The highest BCUT2D eigenvalue weighted by Crippen LogP contribution is 2.30. The average Bonchev–Trinajstić information content (AvgIpc) is 3.41. The molecule has 0 unspecified atom stereocenters. The van der Waals surface area contributed by atoms with Crippen LogP contribution in [-0.2, 0) is 24.1 Å². The van der Waals surface area contributed by atoms with Crippen molar-refractivity contribution in [2.75, 3.05) is 11.9 Å². The Morgan fingerprint density at radius 2 is 2.06 bits per heavy atom. The number of amides is 2. The Balaban J connectivity index is 0.00000289. The lowest BCUT2D eigenvalue weighted by Gasteiger charge is -2.28. The van der Waals surface area contributed by atoms with Gasteiger partial charge in [-0.3, -0.25) is 9.78 Å². The Kier molecular flexibility index (Phi) is 5.72. The van der Waals surface area contributed by atoms with E-state index in [1.165, 1.54) is 0 Å². The van der Waals surface area contributed by atoms with Gasteiger partial charge < -0.3 is 19.5 Å². The predicted octanol–water partition coefficient (Wildman–Crippen LogP) is 3.64. The Bertz CT molecular complexity index is 1260. The van der Waals surface area contributed by atoms with Crippen molar-refractivity contribution in [1.82, 2.24) is 29.6 Å². The maximum Gasteiger partial charge on any atom is 0.410 e. The maximum atomic E-state index is 12.9. The molecule has 2 aliphatic heterocycles. The number of rotatable bonds is 4. The second kappa shape index (κ2) is 8.85. The zero-order valence-electron chi connectivity index (χ0n) is 19.5. The molecule has 178 valence electrons. The molecule has 0 radical (unpaired) electrons. The second-order valence-electron chi connectivity index (χ2n) is 9.00. The quantitative estimate of drug-likeness (QED) is 0.628. The molecule has 3 aromatic rings. The second-order valence-corrected chi connectivity index (χ2v) is 9.00. The van der Waals surface area contributed by atoms with E-state index < -0.39 is 0 Å². The molecule has 1 atom stereocenters. The molecule has 0 saturated carbocycles. The van der Waals surface area contributed by atoms with Crippen LogP contribution in [0, 0.1) is 0 Å². The highest BCUT2D eigenvalue weighted by Gasteiger charge is 2.26. The normalized spacial score (nSPS) is 16.8. The van der Waals surface area contributed by atoms with Crippen LogP contribution in [0.1, 0.15) is 62.1 Å². The van der Waals surface area contributed by atoms with Crippen LogP contribution in [0.2, 0.25) is 0 Å². The first-order valence-corrected chi connectivity index (χ1v) is 11.5. The molecule has 10 nitrogen and oxygen atoms in total. The van der Waals surface area contributed by atoms with E-state index in [2.05, 4.69) is 37.0 Å². The topological polar surface area (TPSA) is 115 Å². The number of aryl methyl sites for hydroxylation is 1. The standard InChI is InChI=1S/C24H27N7O3.H2/c1-14(2)34-24(33)30-10-9-16-12-25-19(11-17(16)13-30)23(32)27-20-6-4-5-18(26-20)22-29-28-21-8-7-15(3)31(21)22;/h4-6,11-12,14-15H,7-10,13H2,1-3H3,(H,26,27,32);1H/t15-;/m0./s1. The number of nitrogens with zero attached hydrogens (tertiary/aromatic N) is 6. The van der Waals surface area contributed by atoms with E-state index in [9.17, 15) is 9.59 Å². The van der Waals surface area contributed by atoms with Crippen molar-refractivity contribution in [3.63, 3.8) is 0 Å². The molecule has 0 bridgehead atoms. The summed E-state index contributed by atoms with van der Waals surface area (Å²) in [6.45, 7) is 6.73. The first-order chi connectivity index (χ1) is 16.4. The first kappa shape index (κ1) is 22.0. The summed E-state index contributed by atoms with van der Waals surface area (Å²) >= 11 is 0. The van der Waals surface area contributed by atoms with Crippen LogP contribution in [0.3, 0.4) is 0 Å². The van der Waals surface area contributed by atoms with Gasteiger partial charge in [0.15, 0.2) is 5.82 Å². The third-order valence-electron chi connectivity index (χ3n) is 6.14. The Morgan fingerprint density at radius 3 is 2.88 bits per heavy atom. The van der Waals surface area contributed by atoms with Crippen LogP contribution < -0.4 is 5.32 Å². The third-order valence-corrected chi connectivity index (χ3v) is 6.14. The molecule has 34 heavy (non-hydrogen) atoms. The smallest absolute Gasteiger partial charge is 0.410 e. The monoisotopic (exact) mass is 463 g/mol. The van der Waals surface area contributed by atoms with Gasteiger partial charge in [-0.1, -0.05) is 6.07 Å². The number of carbonyl (C=O) groups is 2. The number of aromatic nitrogens is 5. The van der Waals surface area contributed by atoms with Crippen LogP contribution in [-0.4, -0.2) is 54.3 Å². The molecule has 2 aliphatic rings. The summed E-state index contributed by atoms with van der Waals surface area (Å²) in [5.41, 5.74) is 2.84. The van der Waals surface area contributed by atoms with E-state index in [0.29, 0.717) is 42.9 Å². The van der Waals surface area contributed by atoms with Crippen LogP contribution >= 0.6 is 0 Å². The van der Waals surface area contributed by atoms with Crippen LogP contribution in [0.15, 0.2) is 30.5 Å². The van der Waals surface area contributed by atoms with Crippen LogP contribution in [0.4, 0.5) is 10.6 Å². The summed E-state index contributed by atoms with van der Waals surface area (Å²) in [7, 11) is 0. The fourth-order valence-electron chi connectivity index (χ4n) is 4.40. The van der Waals surface area contributed by atoms with Gasteiger partial charge in [0, 0.05) is 33.2 Å². The number of pyridine rings is 2. The van der Waals surface area contributed by atoms with Gasteiger partial charge in [-0.2, -0.15) is 0 Å². The predicted molar refractivity (Wildman–Crippen MR) is 126 cm³/mol. The lowest BCUT2D eigenvalue weighted by atomic mass is 10.0. The van der Waals surface area contributed by atoms with Gasteiger partial charge in [-0.15, -0.1) is 10.2 Å². The zero-order valence-corrected chi connectivity index (χ0v) is 19.5. The zero-order chi connectivity index (χ0) is 23.8. The Labute approximate surface area is 198 Å². The number of anilines is 1. The lowest BCUT2D eigenvalue weighted by Crippen LogP contribution is -2.37. The fraction of sp³-hybridized carbons (Fsp3) is 0.417. The van der Waals surface area contributed by atoms with Crippen molar-refractivity contribution >= 4 is 17.8 Å². The summed E-state index contributed by atoms with van der Waals surface area (Å²) < 4.78 is 7.42. The molecule has 10 heteroatoms. The number of hydrogen-bond acceptors (Lipinski definition) is 7. The maximum absolute atomic E-state index is 12.9. The van der Waals surface area contributed by atoms with Gasteiger partial charge in [0.25, 0.3) is 5.91 Å². The fourth-order valence-corrected chi connectivity index (χ4v) is 4.40. The number of fused-ring (bicyclic) bond motifs is 2. The average molecular weight is 464 g/mol. The highest BCUT2D eigenvalue weighted by atomic mass is 16.6. The van der Waals surface area contributed by atoms with Gasteiger partial charge in [-0.25, -0.2) is 9.78 Å². The van der Waals surface area contributed by atoms with E-state index in [-0.39, 0.29) is 25.2 Å². The molecular weight excluding hydrogens is 434 g/mol. The Morgan fingerprint density at radius 1 is 1.21 bits per heavy atom. The molecule has 0 spiro atoms. The molecule has 5 rings (SSSR count). The SMILES string of the molecule is CC(C)OC(=O)N1CCc2cnc(C(=O)Nc3cccc(-c4nnc5n4[C@@H](C)CC5)n3)cc2C1.[HH]. The third kappa shape index (κ3) is 4.23. The summed E-state index contributed by atoms with van der Waals surface area (Å²) in [4.78, 5) is 35.8. The van der Waals surface area contributed by atoms with Gasteiger partial charge in [-0.05, 0) is 62.9 Å². The summed E-state index contributed by atoms with van der Waals surface area (Å²) in [6, 6.07) is 7.47. The van der Waals surface area contributed by atoms with E-state index in [1.807, 2.05) is 26.0 Å². The molecule has 0 aromatic carbocycles. The number of nitrogens with one attached hydrogen (secondary N) is 1. The van der Waals surface area contributed by atoms with E-state index in [1.54, 1.807) is 23.2 Å². The van der Waals surface area contributed by atoms with Gasteiger partial charge >= 0.3 is 6.09 Å². The van der Waals surface area contributed by atoms with Crippen LogP contribution in [0.5, 0.6) is 0 Å². The minimum Gasteiger partial charge on any atom is -0.447 e. The Hall–Kier alpha value is -3.82. The molecule has 3 aromatic heterocycles. The number of carbonyl (C=O) groups excluding carboxylic acids is 2. The van der Waals surface area contributed by atoms with Crippen molar-refractivity contribution < 1.29 is 15.8 Å². The highest BCUT2D eigenvalue weighted by molar-refractivity contribution is 6.02. The molecule has 0 saturated heterocycles. The molecule has 2 amide bonds. The largest absolute Gasteiger partial charge is 0.447 e. The molecule has 0 fully saturated rings. The van der Waals surface area contributed by atoms with Gasteiger partial charge in [0.1, 0.15) is 23.0 Å². The van der Waals surface area contributed by atoms with Crippen molar-refractivity contribution in [3.8, 4) is 11.5 Å². The van der Waals surface area contributed by atoms with Crippen molar-refractivity contribution in [2.45, 2.75) is 58.7 Å². The molecular formula is C24H29N7O3. The molecule has 0 aliphatic carbocycles. The molecule has 1 N–H and O–H groups in total. The minimum atomic E-state index is -0.367. The van der Waals surface area contributed by atoms with E-state index >= 15 is 0 Å². The summed E-state index contributed by atoms with van der Waals surface area (Å²) in [5.74, 6) is 1.71. The van der Waals surface area contributed by atoms with Gasteiger partial charge in [0.2, 0.25) is 0 Å². The van der Waals surface area contributed by atoms with Crippen molar-refractivity contribution in [3.05, 3.63) is 53.1 Å². The summed E-state index contributed by atoms with van der Waals surface area (Å²) in [5, 5.41) is 11.4. The van der Waals surface area contributed by atoms with Gasteiger partial charge in [0.05, 0.1) is 6.10 Å². The van der Waals surface area contributed by atoms with Crippen molar-refractivity contribution in [1.29, 1.82) is 0 Å². The van der Waals surface area contributed by atoms with E-state index in [4.69, 9.17) is 4.74 Å². The lowest BCUT2D eigenvalue weighted by molar-refractivity contribution is 0.0729. The van der Waals surface area contributed by atoms with E-state index in [0.717, 1.165) is 29.8 Å². The first-order valence-electron chi connectivity index (χ1n) is 11.5.